The zero-order valence-corrected chi connectivity index (χ0v) is 34.5. The first-order valence-electron chi connectivity index (χ1n) is 21.3. The molecule has 0 N–H and O–H groups in total. The fraction of sp³-hybridized carbons (Fsp3) is 0.0351. The number of hydrogen-bond acceptors (Lipinski definition) is 3. The van der Waals surface area contributed by atoms with Gasteiger partial charge in [0.2, 0.25) is 0 Å². The van der Waals surface area contributed by atoms with Crippen LogP contribution < -0.4 is 0 Å². The molecule has 65 heavy (non-hydrogen) atoms. The Hall–Kier alpha value is -8.54. The van der Waals surface area contributed by atoms with Gasteiger partial charge in [0.05, 0.1) is 61.4 Å². The minimum atomic E-state index is -4.53. The Kier molecular flexibility index (Phi) is 7.68. The third kappa shape index (κ3) is 5.39. The number of halogens is 3. The molecule has 308 valence electrons. The van der Waals surface area contributed by atoms with Crippen molar-refractivity contribution in [3.05, 3.63) is 193 Å². The van der Waals surface area contributed by atoms with E-state index in [1.54, 1.807) is 13.0 Å². The standard InChI is InChI=1S/C57H32F3N3O2/c1-32-26-35(29-36(27-32)57(58,59)60)34-19-21-38(50(30-34)63-46-15-7-3-13-44(46)54-48(63)25-23-42-40-11-5-9-17-52(40)65-56(42)54)37-20-18-33(31-61)28-49(37)62-45-14-6-2-12-43(45)53-47(62)24-22-41-39-10-4-8-16-51(39)64-55(41)53/h2-30H,1H3. The lowest BCUT2D eigenvalue weighted by Crippen LogP contribution is -2.05. The molecule has 0 aliphatic heterocycles. The summed E-state index contributed by atoms with van der Waals surface area (Å²) < 4.78 is 60.8. The van der Waals surface area contributed by atoms with Gasteiger partial charge in [-0.25, -0.2) is 0 Å². The summed E-state index contributed by atoms with van der Waals surface area (Å²) >= 11 is 0. The summed E-state index contributed by atoms with van der Waals surface area (Å²) in [4.78, 5) is 0. The molecule has 0 unspecified atom stereocenters. The second-order valence-electron chi connectivity index (χ2n) is 16.7. The highest BCUT2D eigenvalue weighted by atomic mass is 19.4. The summed E-state index contributed by atoms with van der Waals surface area (Å²) in [7, 11) is 0. The Morgan fingerprint density at radius 3 is 1.52 bits per heavy atom. The SMILES string of the molecule is Cc1cc(-c2ccc(-c3ccc(C#N)cc3-n3c4ccccc4c4c5oc6ccccc6c5ccc43)c(-n3c4ccccc4c4c5oc6ccccc6c5ccc43)c2)cc(C(F)(F)F)c1. The maximum Gasteiger partial charge on any atom is 0.416 e. The average molecular weight is 848 g/mol. The third-order valence-corrected chi connectivity index (χ3v) is 13.0. The summed E-state index contributed by atoms with van der Waals surface area (Å²) in [5.74, 6) is 0. The molecule has 0 spiro atoms. The molecule has 0 radical (unpaired) electrons. The van der Waals surface area contributed by atoms with Gasteiger partial charge in [-0.1, -0.05) is 97.1 Å². The largest absolute Gasteiger partial charge is 0.455 e. The fourth-order valence-electron chi connectivity index (χ4n) is 10.2. The van der Waals surface area contributed by atoms with Gasteiger partial charge in [-0.05, 0) is 102 Å². The number of aromatic nitrogens is 2. The second-order valence-corrected chi connectivity index (χ2v) is 16.7. The van der Waals surface area contributed by atoms with Gasteiger partial charge in [0.1, 0.15) is 22.3 Å². The molecule has 0 fully saturated rings. The lowest BCUT2D eigenvalue weighted by molar-refractivity contribution is -0.137. The zero-order chi connectivity index (χ0) is 43.7. The maximum atomic E-state index is 14.4. The number of alkyl halides is 3. The number of fused-ring (bicyclic) bond motifs is 14. The lowest BCUT2D eigenvalue weighted by atomic mass is 9.94. The number of furan rings is 2. The molecular weight excluding hydrogens is 816 g/mol. The van der Waals surface area contributed by atoms with E-state index in [9.17, 15) is 18.4 Å². The zero-order valence-electron chi connectivity index (χ0n) is 34.5. The highest BCUT2D eigenvalue weighted by Gasteiger charge is 2.31. The number of nitrogens with zero attached hydrogens (tertiary/aromatic N) is 3. The van der Waals surface area contributed by atoms with Crippen LogP contribution in [0.15, 0.2) is 185 Å². The van der Waals surface area contributed by atoms with E-state index >= 15 is 0 Å². The van der Waals surface area contributed by atoms with Crippen LogP contribution in [0.2, 0.25) is 0 Å². The third-order valence-electron chi connectivity index (χ3n) is 13.0. The van der Waals surface area contributed by atoms with Gasteiger partial charge in [-0.3, -0.25) is 0 Å². The summed E-state index contributed by atoms with van der Waals surface area (Å²) in [5.41, 5.74) is 11.2. The van der Waals surface area contributed by atoms with Gasteiger partial charge in [0.25, 0.3) is 0 Å². The van der Waals surface area contributed by atoms with Crippen LogP contribution in [0.4, 0.5) is 13.2 Å². The van der Waals surface area contributed by atoms with E-state index in [-0.39, 0.29) is 0 Å². The summed E-state index contributed by atoms with van der Waals surface area (Å²) in [6.07, 6.45) is -4.53. The first-order chi connectivity index (χ1) is 31.7. The highest BCUT2D eigenvalue weighted by molar-refractivity contribution is 6.25. The van der Waals surface area contributed by atoms with Crippen molar-refractivity contribution < 1.29 is 22.0 Å². The minimum Gasteiger partial charge on any atom is -0.455 e. The van der Waals surface area contributed by atoms with Crippen molar-refractivity contribution in [1.82, 2.24) is 9.13 Å². The van der Waals surface area contributed by atoms with Crippen LogP contribution in [-0.2, 0) is 6.18 Å². The maximum absolute atomic E-state index is 14.4. The molecule has 4 heterocycles. The Balaban J connectivity index is 1.15. The number of aryl methyl sites for hydroxylation is 1. The van der Waals surface area contributed by atoms with Crippen molar-refractivity contribution in [3.8, 4) is 39.7 Å². The van der Waals surface area contributed by atoms with Crippen LogP contribution >= 0.6 is 0 Å². The molecule has 0 bridgehead atoms. The fourth-order valence-corrected chi connectivity index (χ4v) is 10.2. The van der Waals surface area contributed by atoms with Crippen molar-refractivity contribution in [2.75, 3.05) is 0 Å². The topological polar surface area (TPSA) is 59.9 Å². The van der Waals surface area contributed by atoms with Crippen LogP contribution in [0.5, 0.6) is 0 Å². The summed E-state index contributed by atoms with van der Waals surface area (Å²) in [6, 6.07) is 59.0. The predicted molar refractivity (Wildman–Crippen MR) is 255 cm³/mol. The van der Waals surface area contributed by atoms with E-state index in [2.05, 4.69) is 75.9 Å². The van der Waals surface area contributed by atoms with Gasteiger partial charge in [-0.2, -0.15) is 18.4 Å². The Labute approximate surface area is 368 Å². The predicted octanol–water partition coefficient (Wildman–Crippen LogP) is 16.2. The quantitative estimate of drug-likeness (QED) is 0.177. The molecular formula is C57H32F3N3O2. The highest BCUT2D eigenvalue weighted by Crippen LogP contribution is 2.47. The number of para-hydroxylation sites is 4. The lowest BCUT2D eigenvalue weighted by Gasteiger charge is -2.20. The van der Waals surface area contributed by atoms with Crippen molar-refractivity contribution in [2.45, 2.75) is 13.1 Å². The summed E-state index contributed by atoms with van der Waals surface area (Å²) in [5, 5.41) is 18.3. The van der Waals surface area contributed by atoms with Gasteiger partial charge < -0.3 is 18.0 Å². The van der Waals surface area contributed by atoms with Crippen molar-refractivity contribution in [3.63, 3.8) is 0 Å². The van der Waals surface area contributed by atoms with E-state index < -0.39 is 11.7 Å². The van der Waals surface area contributed by atoms with Gasteiger partial charge in [-0.15, -0.1) is 0 Å². The van der Waals surface area contributed by atoms with E-state index in [0.717, 1.165) is 110 Å². The Morgan fingerprint density at radius 1 is 0.462 bits per heavy atom. The van der Waals surface area contributed by atoms with Crippen LogP contribution in [-0.4, -0.2) is 9.13 Å². The molecule has 5 nitrogen and oxygen atoms in total. The second kappa shape index (κ2) is 13.5. The van der Waals surface area contributed by atoms with E-state index in [1.165, 1.54) is 12.1 Å². The Morgan fingerprint density at radius 2 is 0.969 bits per heavy atom. The Bertz CT molecular complexity index is 4210. The number of nitriles is 1. The number of hydrogen-bond donors (Lipinski definition) is 0. The van der Waals surface area contributed by atoms with Crippen LogP contribution in [0.25, 0.3) is 121 Å². The minimum absolute atomic E-state index is 0.447. The molecule has 0 saturated heterocycles. The molecule has 4 aromatic heterocycles. The van der Waals surface area contributed by atoms with Gasteiger partial charge in [0, 0.05) is 43.4 Å². The van der Waals surface area contributed by atoms with Crippen LogP contribution in [0, 0.1) is 18.3 Å². The van der Waals surface area contributed by atoms with E-state index in [4.69, 9.17) is 8.83 Å². The molecule has 13 aromatic rings. The number of benzene rings is 9. The van der Waals surface area contributed by atoms with Crippen molar-refractivity contribution in [2.24, 2.45) is 0 Å². The summed E-state index contributed by atoms with van der Waals surface area (Å²) in [6.45, 7) is 1.69. The first kappa shape index (κ1) is 37.1. The van der Waals surface area contributed by atoms with Crippen molar-refractivity contribution in [1.29, 1.82) is 5.26 Å². The molecule has 8 heteroatoms. The van der Waals surface area contributed by atoms with Crippen LogP contribution in [0.3, 0.4) is 0 Å². The molecule has 0 aliphatic rings. The van der Waals surface area contributed by atoms with Crippen molar-refractivity contribution >= 4 is 87.5 Å². The normalized spacial score (nSPS) is 12.3. The molecule has 0 amide bonds. The smallest absolute Gasteiger partial charge is 0.416 e. The number of rotatable bonds is 4. The van der Waals surface area contributed by atoms with Gasteiger partial charge in [0.15, 0.2) is 0 Å². The van der Waals surface area contributed by atoms with E-state index in [1.807, 2.05) is 97.1 Å². The molecule has 0 atom stereocenters. The molecule has 0 aliphatic carbocycles. The van der Waals surface area contributed by atoms with Gasteiger partial charge >= 0.3 is 6.18 Å². The molecule has 0 saturated carbocycles. The molecule has 13 rings (SSSR count). The first-order valence-corrected chi connectivity index (χ1v) is 21.3. The molecule has 9 aromatic carbocycles. The van der Waals surface area contributed by atoms with E-state index in [0.29, 0.717) is 22.3 Å². The monoisotopic (exact) mass is 847 g/mol. The van der Waals surface area contributed by atoms with Crippen LogP contribution in [0.1, 0.15) is 16.7 Å². The average Bonchev–Trinajstić information content (AvgIpc) is 4.08.